The van der Waals surface area contributed by atoms with Crippen molar-refractivity contribution in [2.75, 3.05) is 5.73 Å². The van der Waals surface area contributed by atoms with Crippen LogP contribution in [0.15, 0.2) is 60.8 Å². The Morgan fingerprint density at radius 3 is 2.50 bits per heavy atom. The quantitative estimate of drug-likeness (QED) is 0.743. The molecule has 0 radical (unpaired) electrons. The number of para-hydroxylation sites is 1. The summed E-state index contributed by atoms with van der Waals surface area (Å²) in [7, 11) is 0. The van der Waals surface area contributed by atoms with Crippen LogP contribution in [-0.2, 0) is 0 Å². The highest BCUT2D eigenvalue weighted by atomic mass is 15.3. The minimum absolute atomic E-state index is 0.508. The van der Waals surface area contributed by atoms with E-state index in [2.05, 4.69) is 10.1 Å². The van der Waals surface area contributed by atoms with Crippen LogP contribution in [0.4, 0.5) is 5.82 Å². The lowest BCUT2D eigenvalue weighted by molar-refractivity contribution is 0.884. The fourth-order valence-corrected chi connectivity index (χ4v) is 1.87. The van der Waals surface area contributed by atoms with Crippen LogP contribution in [0, 0.1) is 0 Å². The molecule has 3 rings (SSSR count). The first-order valence-corrected chi connectivity index (χ1v) is 5.67. The summed E-state index contributed by atoms with van der Waals surface area (Å²) in [5, 5.41) is 4.33. The Kier molecular flexibility index (Phi) is 2.53. The fraction of sp³-hybridized carbons (Fsp3) is 0. The van der Waals surface area contributed by atoms with E-state index in [0.717, 1.165) is 17.1 Å². The van der Waals surface area contributed by atoms with Crippen molar-refractivity contribution in [3.8, 4) is 17.1 Å². The van der Waals surface area contributed by atoms with Crippen molar-refractivity contribution < 1.29 is 0 Å². The number of nitrogens with two attached hydrogens (primary N) is 1. The molecule has 0 aliphatic carbocycles. The molecule has 0 amide bonds. The van der Waals surface area contributed by atoms with Crippen molar-refractivity contribution in [3.63, 3.8) is 0 Å². The normalized spacial score (nSPS) is 10.4. The summed E-state index contributed by atoms with van der Waals surface area (Å²) in [6.45, 7) is 0. The Balaban J connectivity index is 2.13. The third kappa shape index (κ3) is 1.84. The molecule has 0 unspecified atom stereocenters. The topological polar surface area (TPSA) is 56.7 Å². The minimum Gasteiger partial charge on any atom is -0.384 e. The molecular formula is C14H12N4. The Bertz CT molecular complexity index is 658. The van der Waals surface area contributed by atoms with Crippen LogP contribution in [0.25, 0.3) is 17.1 Å². The Hall–Kier alpha value is -2.62. The van der Waals surface area contributed by atoms with Crippen molar-refractivity contribution in [2.24, 2.45) is 0 Å². The van der Waals surface area contributed by atoms with Gasteiger partial charge in [0.1, 0.15) is 5.82 Å². The van der Waals surface area contributed by atoms with Gasteiger partial charge < -0.3 is 5.73 Å². The van der Waals surface area contributed by atoms with E-state index in [4.69, 9.17) is 5.73 Å². The second-order valence-electron chi connectivity index (χ2n) is 3.91. The predicted molar refractivity (Wildman–Crippen MR) is 71.2 cm³/mol. The van der Waals surface area contributed by atoms with Gasteiger partial charge in [-0.15, -0.1) is 0 Å². The largest absolute Gasteiger partial charge is 0.384 e. The third-order valence-electron chi connectivity index (χ3n) is 2.68. The lowest BCUT2D eigenvalue weighted by atomic mass is 10.2. The van der Waals surface area contributed by atoms with E-state index in [-0.39, 0.29) is 0 Å². The Morgan fingerprint density at radius 1 is 0.889 bits per heavy atom. The van der Waals surface area contributed by atoms with Crippen molar-refractivity contribution in [3.05, 3.63) is 60.8 Å². The van der Waals surface area contributed by atoms with Gasteiger partial charge in [0.15, 0.2) is 0 Å². The average molecular weight is 236 g/mol. The molecule has 0 bridgehead atoms. The number of benzene rings is 1. The molecule has 2 N–H and O–H groups in total. The van der Waals surface area contributed by atoms with Crippen LogP contribution in [0.5, 0.6) is 0 Å². The number of rotatable bonds is 2. The van der Waals surface area contributed by atoms with Gasteiger partial charge in [-0.3, -0.25) is 0 Å². The van der Waals surface area contributed by atoms with E-state index in [1.807, 2.05) is 53.2 Å². The smallest absolute Gasteiger partial charge is 0.124 e. The number of nitrogen functional groups attached to an aromatic ring is 1. The first-order chi connectivity index (χ1) is 8.84. The van der Waals surface area contributed by atoms with Crippen LogP contribution in [0.3, 0.4) is 0 Å². The summed E-state index contributed by atoms with van der Waals surface area (Å²) >= 11 is 0. The van der Waals surface area contributed by atoms with Crippen molar-refractivity contribution >= 4 is 5.82 Å². The van der Waals surface area contributed by atoms with Crippen LogP contribution in [0.2, 0.25) is 0 Å². The number of hydrogen-bond donors (Lipinski definition) is 1. The van der Waals surface area contributed by atoms with Gasteiger partial charge in [0.25, 0.3) is 0 Å². The highest BCUT2D eigenvalue weighted by Crippen LogP contribution is 2.20. The molecule has 2 heterocycles. The van der Waals surface area contributed by atoms with E-state index < -0.39 is 0 Å². The molecule has 0 saturated heterocycles. The fourth-order valence-electron chi connectivity index (χ4n) is 1.87. The van der Waals surface area contributed by atoms with Crippen LogP contribution < -0.4 is 5.73 Å². The zero-order valence-corrected chi connectivity index (χ0v) is 9.69. The molecule has 0 saturated carbocycles. The second-order valence-corrected chi connectivity index (χ2v) is 3.91. The number of pyridine rings is 1. The predicted octanol–water partition coefficient (Wildman–Crippen LogP) is 2.52. The number of aromatic nitrogens is 3. The monoisotopic (exact) mass is 236 g/mol. The van der Waals surface area contributed by atoms with Crippen molar-refractivity contribution in [1.29, 1.82) is 0 Å². The molecule has 1 aromatic carbocycles. The number of nitrogens with zero attached hydrogens (tertiary/aromatic N) is 3. The zero-order chi connectivity index (χ0) is 12.4. The van der Waals surface area contributed by atoms with Crippen molar-refractivity contribution in [2.45, 2.75) is 0 Å². The van der Waals surface area contributed by atoms with Gasteiger partial charge >= 0.3 is 0 Å². The van der Waals surface area contributed by atoms with Gasteiger partial charge in [0, 0.05) is 0 Å². The molecular weight excluding hydrogens is 224 g/mol. The Morgan fingerprint density at radius 2 is 1.72 bits per heavy atom. The van der Waals surface area contributed by atoms with Gasteiger partial charge in [-0.25, -0.2) is 9.67 Å². The van der Waals surface area contributed by atoms with E-state index in [1.165, 1.54) is 0 Å². The van der Waals surface area contributed by atoms with E-state index >= 15 is 0 Å². The first-order valence-electron chi connectivity index (χ1n) is 5.67. The van der Waals surface area contributed by atoms with Gasteiger partial charge in [0.2, 0.25) is 0 Å². The maximum absolute atomic E-state index is 5.71. The molecule has 4 heteroatoms. The highest BCUT2D eigenvalue weighted by Gasteiger charge is 2.08. The minimum atomic E-state index is 0.508. The standard InChI is InChI=1S/C14H12N4/c15-14-8-4-7-12(17-14)13-9-10-16-18(13)11-5-2-1-3-6-11/h1-10H,(H2,15,17). The van der Waals surface area contributed by atoms with E-state index in [9.17, 15) is 0 Å². The molecule has 2 aromatic heterocycles. The first kappa shape index (κ1) is 10.5. The number of anilines is 1. The SMILES string of the molecule is Nc1cccc(-c2ccnn2-c2ccccc2)n1. The van der Waals surface area contributed by atoms with Gasteiger partial charge in [-0.2, -0.15) is 5.10 Å². The average Bonchev–Trinajstić information content (AvgIpc) is 2.89. The summed E-state index contributed by atoms with van der Waals surface area (Å²) in [5.74, 6) is 0.508. The van der Waals surface area contributed by atoms with Crippen LogP contribution in [-0.4, -0.2) is 14.8 Å². The maximum atomic E-state index is 5.71. The van der Waals surface area contributed by atoms with Crippen molar-refractivity contribution in [1.82, 2.24) is 14.8 Å². The molecule has 0 aliphatic rings. The van der Waals surface area contributed by atoms with Gasteiger partial charge in [-0.05, 0) is 30.3 Å². The summed E-state index contributed by atoms with van der Waals surface area (Å²) in [6, 6.07) is 17.5. The van der Waals surface area contributed by atoms with Crippen LogP contribution >= 0.6 is 0 Å². The molecule has 0 spiro atoms. The van der Waals surface area contributed by atoms with Gasteiger partial charge in [-0.1, -0.05) is 24.3 Å². The molecule has 3 aromatic rings. The molecule has 88 valence electrons. The zero-order valence-electron chi connectivity index (χ0n) is 9.69. The lowest BCUT2D eigenvalue weighted by Gasteiger charge is -2.07. The third-order valence-corrected chi connectivity index (χ3v) is 2.68. The molecule has 4 nitrogen and oxygen atoms in total. The molecule has 0 aliphatic heterocycles. The maximum Gasteiger partial charge on any atom is 0.124 e. The lowest BCUT2D eigenvalue weighted by Crippen LogP contribution is -2.00. The van der Waals surface area contributed by atoms with E-state index in [0.29, 0.717) is 5.82 Å². The molecule has 18 heavy (non-hydrogen) atoms. The Labute approximate surface area is 105 Å². The number of hydrogen-bond acceptors (Lipinski definition) is 3. The highest BCUT2D eigenvalue weighted by molar-refractivity contribution is 5.59. The summed E-state index contributed by atoms with van der Waals surface area (Å²) in [6.07, 6.45) is 1.76. The second kappa shape index (κ2) is 4.33. The molecule has 0 fully saturated rings. The van der Waals surface area contributed by atoms with Crippen LogP contribution in [0.1, 0.15) is 0 Å². The summed E-state index contributed by atoms with van der Waals surface area (Å²) in [5.41, 5.74) is 8.45. The summed E-state index contributed by atoms with van der Waals surface area (Å²) in [4.78, 5) is 4.32. The summed E-state index contributed by atoms with van der Waals surface area (Å²) < 4.78 is 1.85. The molecule has 0 atom stereocenters. The van der Waals surface area contributed by atoms with E-state index in [1.54, 1.807) is 12.3 Å². The van der Waals surface area contributed by atoms with Gasteiger partial charge in [0.05, 0.1) is 23.3 Å².